The summed E-state index contributed by atoms with van der Waals surface area (Å²) < 4.78 is 6.97. The Morgan fingerprint density at radius 1 is 1.09 bits per heavy atom. The van der Waals surface area contributed by atoms with Crippen LogP contribution < -0.4 is 15.4 Å². The summed E-state index contributed by atoms with van der Waals surface area (Å²) in [6.07, 6.45) is 3.81. The van der Waals surface area contributed by atoms with Gasteiger partial charge in [0.25, 0.3) is 0 Å². The first-order valence-corrected chi connectivity index (χ1v) is 12.1. The van der Waals surface area contributed by atoms with Gasteiger partial charge in [-0.15, -0.1) is 11.3 Å². The number of fused-ring (bicyclic) bond motifs is 1. The van der Waals surface area contributed by atoms with E-state index >= 15 is 0 Å². The van der Waals surface area contributed by atoms with E-state index in [1.165, 1.54) is 48.9 Å². The predicted molar refractivity (Wildman–Crippen MR) is 137 cm³/mol. The van der Waals surface area contributed by atoms with Crippen LogP contribution in [0.4, 0.5) is 17.3 Å². The first kappa shape index (κ1) is 22.1. The van der Waals surface area contributed by atoms with E-state index in [4.69, 9.17) is 4.74 Å². The third-order valence-corrected chi connectivity index (χ3v) is 6.48. The van der Waals surface area contributed by atoms with Crippen molar-refractivity contribution < 1.29 is 9.53 Å². The van der Waals surface area contributed by atoms with Gasteiger partial charge in [-0.05, 0) is 73.3 Å². The fourth-order valence-electron chi connectivity index (χ4n) is 3.93. The second kappa shape index (κ2) is 10.0. The summed E-state index contributed by atoms with van der Waals surface area (Å²) >= 11 is 1.52. The van der Waals surface area contributed by atoms with E-state index in [0.717, 1.165) is 22.4 Å². The number of hydrogen-bond acceptors (Lipinski definition) is 7. The van der Waals surface area contributed by atoms with Crippen molar-refractivity contribution >= 4 is 44.8 Å². The van der Waals surface area contributed by atoms with Crippen LogP contribution in [0.25, 0.3) is 10.2 Å². The monoisotopic (exact) mass is 471 g/mol. The normalized spacial score (nSPS) is 13.6. The van der Waals surface area contributed by atoms with E-state index in [0.29, 0.717) is 23.3 Å². The van der Waals surface area contributed by atoms with Crippen LogP contribution in [0, 0.1) is 0 Å². The second-order valence-electron chi connectivity index (χ2n) is 8.12. The molecule has 0 spiro atoms. The number of anilines is 3. The molecule has 0 unspecified atom stereocenters. The lowest BCUT2D eigenvalue weighted by molar-refractivity contribution is -0.111. The van der Waals surface area contributed by atoms with E-state index in [2.05, 4.69) is 56.3 Å². The van der Waals surface area contributed by atoms with E-state index in [-0.39, 0.29) is 5.91 Å². The molecule has 8 heteroatoms. The van der Waals surface area contributed by atoms with Gasteiger partial charge in [0.15, 0.2) is 0 Å². The fraction of sp³-hybridized carbons (Fsp3) is 0.192. The molecule has 4 aromatic rings. The van der Waals surface area contributed by atoms with Crippen LogP contribution in [0.5, 0.6) is 11.6 Å². The number of benzene rings is 2. The third-order valence-electron chi connectivity index (χ3n) is 5.59. The molecule has 1 aliphatic heterocycles. The van der Waals surface area contributed by atoms with Crippen LogP contribution >= 0.6 is 11.3 Å². The molecule has 2 N–H and O–H groups in total. The van der Waals surface area contributed by atoms with E-state index < -0.39 is 0 Å². The molecule has 1 amide bonds. The number of rotatable bonds is 8. The lowest BCUT2D eigenvalue weighted by Crippen LogP contribution is -2.18. The highest BCUT2D eigenvalue weighted by molar-refractivity contribution is 7.17. The van der Waals surface area contributed by atoms with Crippen LogP contribution in [0.2, 0.25) is 0 Å². The highest BCUT2D eigenvalue weighted by Gasteiger charge is 2.14. The van der Waals surface area contributed by atoms with Gasteiger partial charge in [0.2, 0.25) is 17.7 Å². The summed E-state index contributed by atoms with van der Waals surface area (Å²) in [5, 5.41) is 8.00. The highest BCUT2D eigenvalue weighted by Crippen LogP contribution is 2.33. The van der Waals surface area contributed by atoms with Crippen molar-refractivity contribution in [2.45, 2.75) is 19.4 Å². The second-order valence-corrected chi connectivity index (χ2v) is 9.03. The van der Waals surface area contributed by atoms with Gasteiger partial charge in [-0.2, -0.15) is 4.98 Å². The number of aromatic nitrogens is 2. The number of nitrogens with zero attached hydrogens (tertiary/aromatic N) is 3. The molecule has 3 heterocycles. The quantitative estimate of drug-likeness (QED) is 0.309. The van der Waals surface area contributed by atoms with Crippen LogP contribution in [0.3, 0.4) is 0 Å². The summed E-state index contributed by atoms with van der Waals surface area (Å²) in [5.41, 5.74) is 3.64. The SMILES string of the molecule is C=CC(=O)Nc1cccc(Oc2nc(Nc3ccc(CN4CCCC4)cc3)nc3ccsc23)c1. The number of thiophene rings is 1. The summed E-state index contributed by atoms with van der Waals surface area (Å²) in [6.45, 7) is 6.83. The van der Waals surface area contributed by atoms with Gasteiger partial charge < -0.3 is 15.4 Å². The predicted octanol–water partition coefficient (Wildman–Crippen LogP) is 5.95. The van der Waals surface area contributed by atoms with Crippen molar-refractivity contribution in [1.29, 1.82) is 0 Å². The number of ether oxygens (including phenoxy) is 1. The molecule has 1 fully saturated rings. The van der Waals surface area contributed by atoms with E-state index in [1.54, 1.807) is 12.1 Å². The topological polar surface area (TPSA) is 79.4 Å². The Balaban J connectivity index is 1.34. The van der Waals surface area contributed by atoms with Gasteiger partial charge in [0.05, 0.1) is 5.52 Å². The zero-order chi connectivity index (χ0) is 23.3. The third kappa shape index (κ3) is 5.24. The molecule has 7 nitrogen and oxygen atoms in total. The molecule has 5 rings (SSSR count). The number of amides is 1. The minimum absolute atomic E-state index is 0.280. The number of hydrogen-bond donors (Lipinski definition) is 2. The van der Waals surface area contributed by atoms with Gasteiger partial charge in [0.1, 0.15) is 10.4 Å². The van der Waals surface area contributed by atoms with Crippen molar-refractivity contribution in [3.05, 3.63) is 78.2 Å². The Morgan fingerprint density at radius 2 is 1.91 bits per heavy atom. The van der Waals surface area contributed by atoms with Gasteiger partial charge in [-0.3, -0.25) is 9.69 Å². The maximum atomic E-state index is 11.6. The Labute approximate surface area is 202 Å². The lowest BCUT2D eigenvalue weighted by Gasteiger charge is -2.15. The Kier molecular flexibility index (Phi) is 6.51. The molecule has 0 radical (unpaired) electrons. The summed E-state index contributed by atoms with van der Waals surface area (Å²) in [7, 11) is 0. The lowest BCUT2D eigenvalue weighted by atomic mass is 10.2. The average molecular weight is 472 g/mol. The number of carbonyl (C=O) groups is 1. The Morgan fingerprint density at radius 3 is 2.71 bits per heavy atom. The number of carbonyl (C=O) groups excluding carboxylic acids is 1. The molecule has 0 bridgehead atoms. The zero-order valence-corrected chi connectivity index (χ0v) is 19.5. The highest BCUT2D eigenvalue weighted by atomic mass is 32.1. The van der Waals surface area contributed by atoms with Crippen molar-refractivity contribution in [1.82, 2.24) is 14.9 Å². The molecule has 0 atom stereocenters. The standard InChI is InChI=1S/C26H25N5O2S/c1-2-23(32)27-20-6-5-7-21(16-20)33-25-24-22(12-15-34-24)29-26(30-25)28-19-10-8-18(9-11-19)17-31-13-3-4-14-31/h2,5-12,15-16H,1,3-4,13-14,17H2,(H,27,32)(H,28,29,30). The number of nitrogens with one attached hydrogen (secondary N) is 2. The molecular weight excluding hydrogens is 446 g/mol. The molecule has 1 aliphatic rings. The Bertz CT molecular complexity index is 1310. The minimum Gasteiger partial charge on any atom is -0.437 e. The molecule has 0 aliphatic carbocycles. The largest absolute Gasteiger partial charge is 0.437 e. The molecule has 1 saturated heterocycles. The molecular formula is C26H25N5O2S. The van der Waals surface area contributed by atoms with Gasteiger partial charge in [-0.1, -0.05) is 24.8 Å². The average Bonchev–Trinajstić information content (AvgIpc) is 3.53. The first-order chi connectivity index (χ1) is 16.7. The van der Waals surface area contributed by atoms with E-state index in [9.17, 15) is 4.79 Å². The molecule has 2 aromatic carbocycles. The molecule has 2 aromatic heterocycles. The smallest absolute Gasteiger partial charge is 0.247 e. The van der Waals surface area contributed by atoms with E-state index in [1.807, 2.05) is 23.6 Å². The minimum atomic E-state index is -0.280. The Hall–Kier alpha value is -3.75. The molecule has 172 valence electrons. The van der Waals surface area contributed by atoms with Crippen molar-refractivity contribution in [2.75, 3.05) is 23.7 Å². The van der Waals surface area contributed by atoms with Crippen LogP contribution in [-0.4, -0.2) is 33.9 Å². The van der Waals surface area contributed by atoms with Crippen molar-refractivity contribution in [3.8, 4) is 11.6 Å². The van der Waals surface area contributed by atoms with Crippen LogP contribution in [-0.2, 0) is 11.3 Å². The van der Waals surface area contributed by atoms with Gasteiger partial charge in [0, 0.05) is 24.0 Å². The zero-order valence-electron chi connectivity index (χ0n) is 18.7. The summed E-state index contributed by atoms with van der Waals surface area (Å²) in [5.74, 6) is 1.20. The maximum Gasteiger partial charge on any atom is 0.247 e. The van der Waals surface area contributed by atoms with Crippen LogP contribution in [0.1, 0.15) is 18.4 Å². The van der Waals surface area contributed by atoms with Crippen molar-refractivity contribution in [2.24, 2.45) is 0 Å². The number of likely N-dealkylation sites (tertiary alicyclic amines) is 1. The first-order valence-electron chi connectivity index (χ1n) is 11.2. The molecule has 34 heavy (non-hydrogen) atoms. The maximum absolute atomic E-state index is 11.6. The van der Waals surface area contributed by atoms with Gasteiger partial charge >= 0.3 is 0 Å². The summed E-state index contributed by atoms with van der Waals surface area (Å²) in [4.78, 5) is 23.4. The van der Waals surface area contributed by atoms with Crippen molar-refractivity contribution in [3.63, 3.8) is 0 Å². The molecule has 0 saturated carbocycles. The van der Waals surface area contributed by atoms with Crippen LogP contribution in [0.15, 0.2) is 72.6 Å². The fourth-order valence-corrected chi connectivity index (χ4v) is 4.68. The van der Waals surface area contributed by atoms with Gasteiger partial charge in [-0.25, -0.2) is 4.98 Å². The summed E-state index contributed by atoms with van der Waals surface area (Å²) in [6, 6.07) is 17.5.